The number of alkyl halides is 3. The number of β-lactam (4-membered cyclic amide) rings is 1. The predicted octanol–water partition coefficient (Wildman–Crippen LogP) is 1.35. The van der Waals surface area contributed by atoms with E-state index in [0.717, 1.165) is 28.0 Å². The van der Waals surface area contributed by atoms with Crippen molar-refractivity contribution < 1.29 is 42.2 Å². The van der Waals surface area contributed by atoms with Crippen molar-refractivity contribution in [3.63, 3.8) is 0 Å². The molecule has 2 aromatic rings. The molecule has 12 heteroatoms. The maximum absolute atomic E-state index is 13.0. The average molecular weight is 477 g/mol. The molecule has 0 bridgehead atoms. The van der Waals surface area contributed by atoms with E-state index in [1.807, 2.05) is 0 Å². The van der Waals surface area contributed by atoms with Gasteiger partial charge in [0.15, 0.2) is 6.61 Å². The summed E-state index contributed by atoms with van der Waals surface area (Å²) in [5, 5.41) is 12.1. The van der Waals surface area contributed by atoms with Gasteiger partial charge in [-0.3, -0.25) is 14.4 Å². The monoisotopic (exact) mass is 477 g/mol. The lowest BCUT2D eigenvalue weighted by molar-refractivity contribution is -0.163. The number of carboxylic acids is 1. The van der Waals surface area contributed by atoms with Gasteiger partial charge in [-0.15, -0.1) is 0 Å². The largest absolute Gasteiger partial charge is 0.484 e. The number of aliphatic carboxylic acids is 1. The highest BCUT2D eigenvalue weighted by Crippen LogP contribution is 2.35. The molecule has 2 aliphatic rings. The van der Waals surface area contributed by atoms with Gasteiger partial charge in [0.2, 0.25) is 12.1 Å². The summed E-state index contributed by atoms with van der Waals surface area (Å²) >= 11 is 0. The number of nitrogens with one attached hydrogen (secondary N) is 1. The van der Waals surface area contributed by atoms with Crippen LogP contribution in [0.2, 0.25) is 0 Å². The Morgan fingerprint density at radius 1 is 1.09 bits per heavy atom. The Bertz CT molecular complexity index is 1140. The van der Waals surface area contributed by atoms with Gasteiger partial charge in [0.1, 0.15) is 11.8 Å². The second-order valence-corrected chi connectivity index (χ2v) is 7.71. The molecule has 2 aromatic carbocycles. The van der Waals surface area contributed by atoms with Gasteiger partial charge in [0.05, 0.1) is 11.6 Å². The van der Waals surface area contributed by atoms with Crippen molar-refractivity contribution in [2.45, 2.75) is 24.4 Å². The summed E-state index contributed by atoms with van der Waals surface area (Å²) in [6.07, 6.45) is -6.39. The Balaban J connectivity index is 1.47. The molecule has 0 radical (unpaired) electrons. The number of nitrogens with zero attached hydrogens (tertiary/aromatic N) is 2. The van der Waals surface area contributed by atoms with Crippen LogP contribution in [0.5, 0.6) is 5.75 Å². The van der Waals surface area contributed by atoms with E-state index >= 15 is 0 Å². The number of halogens is 3. The van der Waals surface area contributed by atoms with Gasteiger partial charge >= 0.3 is 12.1 Å². The Hall–Kier alpha value is -4.09. The first-order valence-electron chi connectivity index (χ1n) is 10.1. The number of ether oxygens (including phenoxy) is 1. The molecule has 4 rings (SSSR count). The van der Waals surface area contributed by atoms with Crippen LogP contribution >= 0.6 is 0 Å². The Kier molecular flexibility index (Phi) is 5.90. The molecule has 0 aliphatic carbocycles. The zero-order chi connectivity index (χ0) is 24.6. The van der Waals surface area contributed by atoms with Crippen molar-refractivity contribution in [3.05, 3.63) is 65.7 Å². The number of carboxylic acid groups (broad SMARTS) is 1. The summed E-state index contributed by atoms with van der Waals surface area (Å²) in [7, 11) is 0. The molecule has 2 saturated heterocycles. The van der Waals surface area contributed by atoms with E-state index in [-0.39, 0.29) is 12.1 Å². The molecule has 3 amide bonds. The van der Waals surface area contributed by atoms with Gasteiger partial charge in [-0.25, -0.2) is 4.79 Å². The van der Waals surface area contributed by atoms with Crippen molar-refractivity contribution in [3.8, 4) is 5.75 Å². The van der Waals surface area contributed by atoms with Crippen LogP contribution in [-0.2, 0) is 20.6 Å². The fourth-order valence-electron chi connectivity index (χ4n) is 3.99. The third kappa shape index (κ3) is 4.26. The van der Waals surface area contributed by atoms with E-state index in [1.165, 1.54) is 0 Å². The standard InChI is InChI=1S/C22H18F3N3O6/c23-22(24,25)13-6-4-5-12(9-13)19(30)27-10-15-17(20(31)28(15)18(27)21(32)33)26-16(29)11-34-14-7-2-1-3-8-14/h1-9,15,17-18H,10-11H2,(H,26,29)(H,32,33)/t15?,17-,18?/m0/s1. The molecule has 2 unspecified atom stereocenters. The van der Waals surface area contributed by atoms with Crippen LogP contribution < -0.4 is 10.1 Å². The van der Waals surface area contributed by atoms with Gasteiger partial charge in [-0.1, -0.05) is 24.3 Å². The number of fused-ring (bicyclic) bond motifs is 1. The Labute approximate surface area is 190 Å². The summed E-state index contributed by atoms with van der Waals surface area (Å²) in [6, 6.07) is 10.1. The molecule has 2 N–H and O–H groups in total. The van der Waals surface area contributed by atoms with E-state index in [1.54, 1.807) is 30.3 Å². The van der Waals surface area contributed by atoms with Gasteiger partial charge in [-0.2, -0.15) is 13.2 Å². The normalized spacial score (nSPS) is 21.5. The van der Waals surface area contributed by atoms with E-state index in [2.05, 4.69) is 5.32 Å². The number of amides is 3. The van der Waals surface area contributed by atoms with Gasteiger partial charge in [0.25, 0.3) is 11.8 Å². The van der Waals surface area contributed by atoms with Crippen molar-refractivity contribution >= 4 is 23.7 Å². The molecular weight excluding hydrogens is 459 g/mol. The zero-order valence-corrected chi connectivity index (χ0v) is 17.4. The SMILES string of the molecule is O=C(COc1ccccc1)N[C@@H]1C(=O)N2C1CN(C(=O)c1cccc(C(F)(F)F)c1)C2C(=O)O. The van der Waals surface area contributed by atoms with Crippen LogP contribution in [0.15, 0.2) is 54.6 Å². The zero-order valence-electron chi connectivity index (χ0n) is 17.4. The van der Waals surface area contributed by atoms with Crippen LogP contribution in [-0.4, -0.2) is 70.0 Å². The molecule has 9 nitrogen and oxygen atoms in total. The Morgan fingerprint density at radius 3 is 2.44 bits per heavy atom. The molecule has 0 aromatic heterocycles. The summed E-state index contributed by atoms with van der Waals surface area (Å²) < 4.78 is 44.4. The van der Waals surface area contributed by atoms with E-state index in [4.69, 9.17) is 4.74 Å². The number of hydrogen-bond acceptors (Lipinski definition) is 5. The maximum atomic E-state index is 13.0. The highest BCUT2D eigenvalue weighted by atomic mass is 19.4. The van der Waals surface area contributed by atoms with Crippen molar-refractivity contribution in [2.24, 2.45) is 0 Å². The second-order valence-electron chi connectivity index (χ2n) is 7.71. The highest BCUT2D eigenvalue weighted by Gasteiger charge is 2.61. The topological polar surface area (TPSA) is 116 Å². The number of hydrogen-bond donors (Lipinski definition) is 2. The minimum atomic E-state index is -4.69. The molecule has 0 spiro atoms. The Morgan fingerprint density at radius 2 is 1.79 bits per heavy atom. The molecule has 2 aliphatic heterocycles. The lowest BCUT2D eigenvalue weighted by Gasteiger charge is -2.43. The van der Waals surface area contributed by atoms with E-state index in [9.17, 15) is 37.5 Å². The van der Waals surface area contributed by atoms with E-state index in [0.29, 0.717) is 11.8 Å². The maximum Gasteiger partial charge on any atom is 0.416 e. The number of para-hydroxylation sites is 1. The minimum absolute atomic E-state index is 0.276. The third-order valence-corrected chi connectivity index (χ3v) is 5.55. The summed E-state index contributed by atoms with van der Waals surface area (Å²) in [6.45, 7) is -0.669. The summed E-state index contributed by atoms with van der Waals surface area (Å²) in [5.41, 5.74) is -1.43. The first-order chi connectivity index (χ1) is 16.1. The lowest BCUT2D eigenvalue weighted by Crippen LogP contribution is -2.71. The fourth-order valence-corrected chi connectivity index (χ4v) is 3.99. The van der Waals surface area contributed by atoms with Gasteiger partial charge in [0, 0.05) is 12.1 Å². The van der Waals surface area contributed by atoms with Crippen LogP contribution in [0.3, 0.4) is 0 Å². The van der Waals surface area contributed by atoms with Crippen molar-refractivity contribution in [2.75, 3.05) is 13.2 Å². The predicted molar refractivity (Wildman–Crippen MR) is 108 cm³/mol. The quantitative estimate of drug-likeness (QED) is 0.607. The molecule has 2 fully saturated rings. The number of carbonyl (C=O) groups is 4. The molecule has 2 heterocycles. The van der Waals surface area contributed by atoms with E-state index < -0.39 is 60.3 Å². The number of rotatable bonds is 6. The molecule has 34 heavy (non-hydrogen) atoms. The third-order valence-electron chi connectivity index (χ3n) is 5.55. The molecular formula is C22H18F3N3O6. The summed E-state index contributed by atoms with van der Waals surface area (Å²) in [5.74, 6) is -3.41. The molecule has 0 saturated carbocycles. The molecule has 178 valence electrons. The first-order valence-corrected chi connectivity index (χ1v) is 10.1. The summed E-state index contributed by atoms with van der Waals surface area (Å²) in [4.78, 5) is 51.3. The lowest BCUT2D eigenvalue weighted by atomic mass is 9.96. The van der Waals surface area contributed by atoms with Gasteiger partial charge in [-0.05, 0) is 30.3 Å². The number of carbonyl (C=O) groups excluding carboxylic acids is 3. The highest BCUT2D eigenvalue weighted by molar-refractivity contribution is 6.02. The number of benzene rings is 2. The minimum Gasteiger partial charge on any atom is -0.484 e. The van der Waals surface area contributed by atoms with Crippen LogP contribution in [0, 0.1) is 0 Å². The van der Waals surface area contributed by atoms with Crippen LogP contribution in [0.1, 0.15) is 15.9 Å². The van der Waals surface area contributed by atoms with Crippen molar-refractivity contribution in [1.82, 2.24) is 15.1 Å². The van der Waals surface area contributed by atoms with Crippen molar-refractivity contribution in [1.29, 1.82) is 0 Å². The fraction of sp³-hybridized carbons (Fsp3) is 0.273. The smallest absolute Gasteiger partial charge is 0.416 e. The van der Waals surface area contributed by atoms with Crippen LogP contribution in [0.25, 0.3) is 0 Å². The van der Waals surface area contributed by atoms with Gasteiger partial charge < -0.3 is 25.0 Å². The molecule has 3 atom stereocenters. The average Bonchev–Trinajstić information content (AvgIpc) is 3.17. The second kappa shape index (κ2) is 8.69. The first kappa shape index (κ1) is 23.1. The van der Waals surface area contributed by atoms with Crippen LogP contribution in [0.4, 0.5) is 13.2 Å².